The van der Waals surface area contributed by atoms with Gasteiger partial charge in [-0.2, -0.15) is 0 Å². The summed E-state index contributed by atoms with van der Waals surface area (Å²) >= 11 is 8.59. The SMILES string of the molecule is CCCNc1c(C)c(C)nc2c(Cl)cc(I)cc12. The highest BCUT2D eigenvalue weighted by molar-refractivity contribution is 14.1. The van der Waals surface area contributed by atoms with Gasteiger partial charge in [0.05, 0.1) is 10.5 Å². The lowest BCUT2D eigenvalue weighted by atomic mass is 10.1. The molecule has 0 atom stereocenters. The Labute approximate surface area is 126 Å². The van der Waals surface area contributed by atoms with Crippen molar-refractivity contribution in [2.45, 2.75) is 27.2 Å². The van der Waals surface area contributed by atoms with Crippen molar-refractivity contribution in [2.75, 3.05) is 11.9 Å². The van der Waals surface area contributed by atoms with E-state index in [1.54, 1.807) is 0 Å². The quantitative estimate of drug-likeness (QED) is 0.770. The van der Waals surface area contributed by atoms with Crippen LogP contribution >= 0.6 is 34.2 Å². The van der Waals surface area contributed by atoms with Crippen LogP contribution in [0.2, 0.25) is 5.02 Å². The molecule has 1 aromatic heterocycles. The highest BCUT2D eigenvalue weighted by Crippen LogP contribution is 2.33. The van der Waals surface area contributed by atoms with Gasteiger partial charge in [-0.25, -0.2) is 0 Å². The second-order valence-electron chi connectivity index (χ2n) is 4.41. The fourth-order valence-electron chi connectivity index (χ4n) is 1.98. The average Bonchev–Trinajstić information content (AvgIpc) is 2.31. The molecular formula is C14H16ClIN2. The lowest BCUT2D eigenvalue weighted by Gasteiger charge is -2.15. The molecule has 0 saturated heterocycles. The van der Waals surface area contributed by atoms with E-state index in [1.807, 2.05) is 13.0 Å². The number of nitrogens with one attached hydrogen (secondary N) is 1. The van der Waals surface area contributed by atoms with Gasteiger partial charge in [0, 0.05) is 26.9 Å². The minimum atomic E-state index is 0.722. The number of rotatable bonds is 3. The zero-order chi connectivity index (χ0) is 13.3. The number of hydrogen-bond acceptors (Lipinski definition) is 2. The third kappa shape index (κ3) is 2.57. The first kappa shape index (κ1) is 13.9. The van der Waals surface area contributed by atoms with Crippen LogP contribution in [0, 0.1) is 17.4 Å². The van der Waals surface area contributed by atoms with Gasteiger partial charge in [-0.15, -0.1) is 0 Å². The Morgan fingerprint density at radius 2 is 2.06 bits per heavy atom. The van der Waals surface area contributed by atoms with E-state index in [0.29, 0.717) is 0 Å². The molecule has 0 fully saturated rings. The smallest absolute Gasteiger partial charge is 0.0913 e. The molecule has 0 radical (unpaired) electrons. The van der Waals surface area contributed by atoms with Crippen molar-refractivity contribution in [3.63, 3.8) is 0 Å². The summed E-state index contributed by atoms with van der Waals surface area (Å²) in [7, 11) is 0. The zero-order valence-electron chi connectivity index (χ0n) is 10.8. The Morgan fingerprint density at radius 1 is 1.33 bits per heavy atom. The maximum atomic E-state index is 6.30. The molecule has 4 heteroatoms. The van der Waals surface area contributed by atoms with E-state index in [9.17, 15) is 0 Å². The molecule has 0 aliphatic heterocycles. The summed E-state index contributed by atoms with van der Waals surface area (Å²) in [5.74, 6) is 0. The van der Waals surface area contributed by atoms with Crippen LogP contribution in [0.15, 0.2) is 12.1 Å². The molecule has 2 nitrogen and oxygen atoms in total. The van der Waals surface area contributed by atoms with Crippen molar-refractivity contribution in [3.8, 4) is 0 Å². The average molecular weight is 375 g/mol. The summed E-state index contributed by atoms with van der Waals surface area (Å²) in [6.45, 7) is 7.26. The van der Waals surface area contributed by atoms with E-state index in [-0.39, 0.29) is 0 Å². The van der Waals surface area contributed by atoms with Crippen molar-refractivity contribution in [1.82, 2.24) is 4.98 Å². The molecule has 0 aliphatic carbocycles. The topological polar surface area (TPSA) is 24.9 Å². The van der Waals surface area contributed by atoms with E-state index in [4.69, 9.17) is 11.6 Å². The van der Waals surface area contributed by atoms with Gasteiger partial charge in [0.1, 0.15) is 0 Å². The van der Waals surface area contributed by atoms with Gasteiger partial charge in [-0.3, -0.25) is 4.98 Å². The number of aromatic nitrogens is 1. The molecule has 0 amide bonds. The molecule has 2 rings (SSSR count). The summed E-state index contributed by atoms with van der Waals surface area (Å²) in [5, 5.41) is 5.34. The highest BCUT2D eigenvalue weighted by Gasteiger charge is 2.12. The predicted octanol–water partition coefficient (Wildman–Crippen LogP) is 4.93. The van der Waals surface area contributed by atoms with E-state index in [0.717, 1.165) is 38.2 Å². The summed E-state index contributed by atoms with van der Waals surface area (Å²) < 4.78 is 1.13. The molecule has 0 bridgehead atoms. The Hall–Kier alpha value is -0.550. The molecule has 18 heavy (non-hydrogen) atoms. The summed E-state index contributed by atoms with van der Waals surface area (Å²) in [6, 6.07) is 4.09. The van der Waals surface area contributed by atoms with Gasteiger partial charge in [-0.05, 0) is 60.6 Å². The fourth-order valence-corrected chi connectivity index (χ4v) is 3.05. The fraction of sp³-hybridized carbons (Fsp3) is 0.357. The van der Waals surface area contributed by atoms with E-state index in [1.165, 1.54) is 11.3 Å². The molecule has 1 N–H and O–H groups in total. The summed E-state index contributed by atoms with van der Waals surface area (Å²) in [5.41, 5.74) is 4.29. The number of benzene rings is 1. The lowest BCUT2D eigenvalue weighted by molar-refractivity contribution is 0.977. The van der Waals surface area contributed by atoms with Crippen LogP contribution < -0.4 is 5.32 Å². The largest absolute Gasteiger partial charge is 0.384 e. The molecular weight excluding hydrogens is 359 g/mol. The van der Waals surface area contributed by atoms with Crippen LogP contribution in [0.25, 0.3) is 10.9 Å². The Kier molecular flexibility index (Phi) is 4.33. The van der Waals surface area contributed by atoms with Crippen LogP contribution in [0.5, 0.6) is 0 Å². The van der Waals surface area contributed by atoms with Crippen LogP contribution in [-0.2, 0) is 0 Å². The lowest BCUT2D eigenvalue weighted by Crippen LogP contribution is -2.05. The Morgan fingerprint density at radius 3 is 2.72 bits per heavy atom. The highest BCUT2D eigenvalue weighted by atomic mass is 127. The van der Waals surface area contributed by atoms with Gasteiger partial charge < -0.3 is 5.32 Å². The number of hydrogen-bond donors (Lipinski definition) is 1. The molecule has 0 saturated carbocycles. The third-order valence-corrected chi connectivity index (χ3v) is 3.96. The van der Waals surface area contributed by atoms with Crippen LogP contribution in [0.3, 0.4) is 0 Å². The normalized spacial score (nSPS) is 10.9. The van der Waals surface area contributed by atoms with Crippen LogP contribution in [-0.4, -0.2) is 11.5 Å². The minimum Gasteiger partial charge on any atom is -0.384 e. The number of fused-ring (bicyclic) bond motifs is 1. The van der Waals surface area contributed by atoms with Crippen molar-refractivity contribution in [2.24, 2.45) is 0 Å². The molecule has 2 aromatic rings. The number of pyridine rings is 1. The number of nitrogens with zero attached hydrogens (tertiary/aromatic N) is 1. The van der Waals surface area contributed by atoms with Gasteiger partial charge in [-0.1, -0.05) is 18.5 Å². The second-order valence-corrected chi connectivity index (χ2v) is 6.06. The van der Waals surface area contributed by atoms with E-state index < -0.39 is 0 Å². The molecule has 0 spiro atoms. The van der Waals surface area contributed by atoms with Gasteiger partial charge >= 0.3 is 0 Å². The van der Waals surface area contributed by atoms with Crippen LogP contribution in [0.1, 0.15) is 24.6 Å². The first-order valence-corrected chi connectivity index (χ1v) is 7.50. The second kappa shape index (κ2) is 5.61. The Bertz CT molecular complexity index is 596. The molecule has 0 unspecified atom stereocenters. The maximum absolute atomic E-state index is 6.30. The summed E-state index contributed by atoms with van der Waals surface area (Å²) in [4.78, 5) is 4.61. The summed E-state index contributed by atoms with van der Waals surface area (Å²) in [6.07, 6.45) is 1.10. The first-order valence-electron chi connectivity index (χ1n) is 6.04. The van der Waals surface area contributed by atoms with Crippen molar-refractivity contribution in [1.29, 1.82) is 0 Å². The minimum absolute atomic E-state index is 0.722. The Balaban J connectivity index is 2.74. The van der Waals surface area contributed by atoms with Crippen molar-refractivity contribution >= 4 is 50.8 Å². The number of halogens is 2. The monoisotopic (exact) mass is 374 g/mol. The van der Waals surface area contributed by atoms with Gasteiger partial charge in [0.15, 0.2) is 0 Å². The van der Waals surface area contributed by atoms with Crippen molar-refractivity contribution < 1.29 is 0 Å². The number of aryl methyl sites for hydroxylation is 1. The van der Waals surface area contributed by atoms with E-state index in [2.05, 4.69) is 52.8 Å². The first-order chi connectivity index (χ1) is 8.54. The molecule has 96 valence electrons. The predicted molar refractivity (Wildman–Crippen MR) is 87.7 cm³/mol. The zero-order valence-corrected chi connectivity index (χ0v) is 13.7. The van der Waals surface area contributed by atoms with Gasteiger partial charge in [0.25, 0.3) is 0 Å². The standard InChI is InChI=1S/C14H16ClIN2/c1-4-5-17-13-8(2)9(3)18-14-11(13)6-10(16)7-12(14)15/h6-7H,4-5H2,1-3H3,(H,17,18). The number of anilines is 1. The van der Waals surface area contributed by atoms with Crippen molar-refractivity contribution in [3.05, 3.63) is 32.0 Å². The maximum Gasteiger partial charge on any atom is 0.0913 e. The molecule has 1 heterocycles. The van der Waals surface area contributed by atoms with E-state index >= 15 is 0 Å². The van der Waals surface area contributed by atoms with Gasteiger partial charge in [0.2, 0.25) is 0 Å². The molecule has 1 aromatic carbocycles. The third-order valence-electron chi connectivity index (χ3n) is 3.05. The van der Waals surface area contributed by atoms with Crippen LogP contribution in [0.4, 0.5) is 5.69 Å². The molecule has 0 aliphatic rings.